The average molecular weight is 376 g/mol. The molecule has 0 bridgehead atoms. The van der Waals surface area contributed by atoms with Crippen LogP contribution in [-0.2, 0) is 24.4 Å². The molecule has 6 nitrogen and oxygen atoms in total. The molecule has 0 saturated heterocycles. The van der Waals surface area contributed by atoms with Crippen LogP contribution >= 0.6 is 0 Å². The van der Waals surface area contributed by atoms with Crippen molar-refractivity contribution in [3.05, 3.63) is 51.9 Å². The Morgan fingerprint density at radius 1 is 1.23 bits per heavy atom. The Labute approximate surface area is 154 Å². The summed E-state index contributed by atoms with van der Waals surface area (Å²) in [5.41, 5.74) is 3.91. The molecule has 1 N–H and O–H groups in total. The number of ether oxygens (including phenoxy) is 1. The maximum Gasteiger partial charge on any atom is 0.250 e. The molecule has 1 aromatic carbocycles. The van der Waals surface area contributed by atoms with Crippen LogP contribution < -0.4 is 15.0 Å². The Kier molecular flexibility index (Phi) is 5.78. The van der Waals surface area contributed by atoms with Crippen molar-refractivity contribution in [3.8, 4) is 16.9 Å². The standard InChI is InChI=1S/C19H24N2O4S/c1-13-15(9-10-20-26(23)24)5-7-17(25-12-14-3-4-14)19(13)16-6-8-18(22)21(2)11-16/h5-8,11,14,26H,3-4,9-10,12H2,1-2H3,(H,20,23,24). The zero-order valence-electron chi connectivity index (χ0n) is 15.0. The molecule has 26 heavy (non-hydrogen) atoms. The second-order valence-electron chi connectivity index (χ2n) is 6.76. The summed E-state index contributed by atoms with van der Waals surface area (Å²) < 4.78 is 31.5. The fraction of sp³-hybridized carbons (Fsp3) is 0.421. The summed E-state index contributed by atoms with van der Waals surface area (Å²) in [6, 6.07) is 7.30. The van der Waals surface area contributed by atoms with Crippen molar-refractivity contribution in [2.24, 2.45) is 13.0 Å². The SMILES string of the molecule is Cc1c(CCN[SH](=O)=O)ccc(OCC2CC2)c1-c1ccc(=O)n(C)c1. The molecule has 3 rings (SSSR count). The summed E-state index contributed by atoms with van der Waals surface area (Å²) in [5, 5.41) is 0. The predicted octanol–water partition coefficient (Wildman–Crippen LogP) is 1.81. The summed E-state index contributed by atoms with van der Waals surface area (Å²) in [6.45, 7) is 3.07. The van der Waals surface area contributed by atoms with Crippen molar-refractivity contribution in [1.29, 1.82) is 0 Å². The second-order valence-corrected chi connectivity index (χ2v) is 7.59. The van der Waals surface area contributed by atoms with Gasteiger partial charge in [0, 0.05) is 37.0 Å². The first-order chi connectivity index (χ1) is 12.5. The fourth-order valence-electron chi connectivity index (χ4n) is 3.00. The van der Waals surface area contributed by atoms with Crippen LogP contribution in [0.2, 0.25) is 0 Å². The van der Waals surface area contributed by atoms with E-state index in [1.54, 1.807) is 17.7 Å². The van der Waals surface area contributed by atoms with E-state index in [1.165, 1.54) is 12.8 Å². The maximum atomic E-state index is 11.7. The second kappa shape index (κ2) is 8.05. The van der Waals surface area contributed by atoms with Gasteiger partial charge < -0.3 is 9.30 Å². The van der Waals surface area contributed by atoms with Crippen LogP contribution in [0.4, 0.5) is 0 Å². The number of nitrogens with one attached hydrogen (secondary N) is 1. The molecule has 1 aliphatic carbocycles. The van der Waals surface area contributed by atoms with Gasteiger partial charge in [0.25, 0.3) is 0 Å². The Bertz CT molecular complexity index is 922. The van der Waals surface area contributed by atoms with Gasteiger partial charge in [0.2, 0.25) is 16.4 Å². The number of nitrogens with zero attached hydrogens (tertiary/aromatic N) is 1. The van der Waals surface area contributed by atoms with Crippen molar-refractivity contribution in [2.75, 3.05) is 13.2 Å². The van der Waals surface area contributed by atoms with Gasteiger partial charge >= 0.3 is 0 Å². The van der Waals surface area contributed by atoms with E-state index in [4.69, 9.17) is 4.74 Å². The summed E-state index contributed by atoms with van der Waals surface area (Å²) >= 11 is 0. The monoisotopic (exact) mass is 376 g/mol. The molecule has 1 saturated carbocycles. The van der Waals surface area contributed by atoms with Gasteiger partial charge in [-0.05, 0) is 55.4 Å². The number of aromatic nitrogens is 1. The minimum Gasteiger partial charge on any atom is -0.493 e. The third kappa shape index (κ3) is 4.53. The lowest BCUT2D eigenvalue weighted by molar-refractivity contribution is 0.300. The Balaban J connectivity index is 1.97. The van der Waals surface area contributed by atoms with Gasteiger partial charge in [0.1, 0.15) is 5.75 Å². The molecule has 0 unspecified atom stereocenters. The quantitative estimate of drug-likeness (QED) is 0.689. The van der Waals surface area contributed by atoms with Crippen LogP contribution in [0, 0.1) is 12.8 Å². The van der Waals surface area contributed by atoms with Gasteiger partial charge in [-0.3, -0.25) is 4.79 Å². The first-order valence-electron chi connectivity index (χ1n) is 8.76. The Hall–Kier alpha value is -2.12. The van der Waals surface area contributed by atoms with E-state index in [0.29, 0.717) is 25.5 Å². The van der Waals surface area contributed by atoms with E-state index in [-0.39, 0.29) is 5.56 Å². The number of pyridine rings is 1. The lowest BCUT2D eigenvalue weighted by Gasteiger charge is -2.18. The highest BCUT2D eigenvalue weighted by molar-refractivity contribution is 7.70. The van der Waals surface area contributed by atoms with Crippen molar-refractivity contribution in [3.63, 3.8) is 0 Å². The zero-order chi connectivity index (χ0) is 18.7. The zero-order valence-corrected chi connectivity index (χ0v) is 15.9. The fourth-order valence-corrected chi connectivity index (χ4v) is 3.29. The van der Waals surface area contributed by atoms with Crippen molar-refractivity contribution in [2.45, 2.75) is 26.2 Å². The van der Waals surface area contributed by atoms with E-state index < -0.39 is 10.9 Å². The number of hydrogen-bond acceptors (Lipinski definition) is 4. The molecule has 7 heteroatoms. The van der Waals surface area contributed by atoms with Crippen LogP contribution in [0.15, 0.2) is 35.3 Å². The molecule has 0 aliphatic heterocycles. The van der Waals surface area contributed by atoms with E-state index in [0.717, 1.165) is 28.0 Å². The molecule has 1 aromatic heterocycles. The summed E-state index contributed by atoms with van der Waals surface area (Å²) in [7, 11) is -0.864. The van der Waals surface area contributed by atoms with E-state index in [9.17, 15) is 13.2 Å². The molecular formula is C19H24N2O4S. The highest BCUT2D eigenvalue weighted by Gasteiger charge is 2.23. The molecule has 0 amide bonds. The Morgan fingerprint density at radius 3 is 2.65 bits per heavy atom. The third-order valence-electron chi connectivity index (χ3n) is 4.72. The topological polar surface area (TPSA) is 77.4 Å². The lowest BCUT2D eigenvalue weighted by atomic mass is 9.94. The molecule has 1 fully saturated rings. The minimum atomic E-state index is -2.59. The van der Waals surface area contributed by atoms with Gasteiger partial charge in [-0.1, -0.05) is 6.07 Å². The van der Waals surface area contributed by atoms with Crippen molar-refractivity contribution >= 4 is 10.9 Å². The van der Waals surface area contributed by atoms with Gasteiger partial charge in [-0.2, -0.15) is 0 Å². The largest absolute Gasteiger partial charge is 0.493 e. The average Bonchev–Trinajstić information content (AvgIpc) is 3.41. The normalized spacial score (nSPS) is 14.0. The van der Waals surface area contributed by atoms with Crippen LogP contribution in [0.1, 0.15) is 24.0 Å². The summed E-state index contributed by atoms with van der Waals surface area (Å²) in [4.78, 5) is 11.7. The highest BCUT2D eigenvalue weighted by Crippen LogP contribution is 2.37. The molecule has 0 radical (unpaired) electrons. The molecule has 1 aliphatic rings. The van der Waals surface area contributed by atoms with Gasteiger partial charge in [0.05, 0.1) is 6.61 Å². The van der Waals surface area contributed by atoms with Crippen LogP contribution in [0.25, 0.3) is 11.1 Å². The van der Waals surface area contributed by atoms with Crippen LogP contribution in [-0.4, -0.2) is 26.1 Å². The van der Waals surface area contributed by atoms with Crippen LogP contribution in [0.3, 0.4) is 0 Å². The van der Waals surface area contributed by atoms with Gasteiger partial charge in [-0.15, -0.1) is 0 Å². The van der Waals surface area contributed by atoms with Gasteiger partial charge in [-0.25, -0.2) is 13.1 Å². The van der Waals surface area contributed by atoms with Crippen LogP contribution in [0.5, 0.6) is 5.75 Å². The third-order valence-corrected chi connectivity index (χ3v) is 5.20. The summed E-state index contributed by atoms with van der Waals surface area (Å²) in [6.07, 6.45) is 4.83. The first kappa shape index (κ1) is 18.7. The van der Waals surface area contributed by atoms with Gasteiger partial charge in [0.15, 0.2) is 0 Å². The maximum absolute atomic E-state index is 11.7. The molecular weight excluding hydrogens is 352 g/mol. The molecule has 0 spiro atoms. The van der Waals surface area contributed by atoms with E-state index >= 15 is 0 Å². The van der Waals surface area contributed by atoms with E-state index in [1.807, 2.05) is 31.3 Å². The number of rotatable bonds is 8. The number of hydrogen-bond donors (Lipinski definition) is 2. The first-order valence-corrected chi connectivity index (χ1v) is 9.93. The van der Waals surface area contributed by atoms with Crippen molar-refractivity contribution < 1.29 is 13.2 Å². The highest BCUT2D eigenvalue weighted by atomic mass is 32.2. The number of aryl methyl sites for hydroxylation is 1. The Morgan fingerprint density at radius 2 is 2.00 bits per heavy atom. The molecule has 140 valence electrons. The number of benzene rings is 1. The van der Waals surface area contributed by atoms with E-state index in [2.05, 4.69) is 4.72 Å². The smallest absolute Gasteiger partial charge is 0.250 e. The number of thiol groups is 1. The lowest BCUT2D eigenvalue weighted by Crippen LogP contribution is -2.16. The van der Waals surface area contributed by atoms with Crippen molar-refractivity contribution in [1.82, 2.24) is 9.29 Å². The molecule has 2 aromatic rings. The molecule has 0 atom stereocenters. The minimum absolute atomic E-state index is 0.0635. The molecule has 1 heterocycles. The predicted molar refractivity (Wildman–Crippen MR) is 102 cm³/mol. The summed E-state index contributed by atoms with van der Waals surface area (Å²) in [5.74, 6) is 1.44.